The van der Waals surface area contributed by atoms with Crippen molar-refractivity contribution in [1.29, 1.82) is 0 Å². The van der Waals surface area contributed by atoms with Crippen molar-refractivity contribution in [2.75, 3.05) is 5.73 Å². The minimum Gasteiger partial charge on any atom is -0.399 e. The molecule has 3 rings (SSSR count). The molecule has 2 aromatic heterocycles. The first-order valence-corrected chi connectivity index (χ1v) is 6.52. The molecule has 0 atom stereocenters. The predicted molar refractivity (Wildman–Crippen MR) is 73.8 cm³/mol. The topological polar surface area (TPSA) is 82.5 Å². The number of nitrogen functional groups attached to an aromatic ring is 1. The number of nitrogens with zero attached hydrogens (tertiary/aromatic N) is 5. The molecule has 0 radical (unpaired) electrons. The summed E-state index contributed by atoms with van der Waals surface area (Å²) in [6, 6.07) is 7.72. The number of benzene rings is 1. The van der Waals surface area contributed by atoms with Crippen LogP contribution < -0.4 is 5.73 Å². The number of aromatic nitrogens is 5. The van der Waals surface area contributed by atoms with Gasteiger partial charge in [-0.1, -0.05) is 0 Å². The molecule has 1 aromatic carbocycles. The molecule has 0 bridgehead atoms. The molecule has 7 heteroatoms. The lowest BCUT2D eigenvalue weighted by atomic mass is 10.2. The van der Waals surface area contributed by atoms with Crippen LogP contribution in [0.15, 0.2) is 34.3 Å². The molecule has 0 spiro atoms. The maximum atomic E-state index is 5.85. The standard InChI is InChI=1S/C12H12N6S/c1-7-5-11(19-12-15-16-17-18(12)2)9-6-8(13)3-4-10(9)14-7/h3-6H,13H2,1-2H3. The van der Waals surface area contributed by atoms with Gasteiger partial charge in [0.1, 0.15) is 0 Å². The van der Waals surface area contributed by atoms with Gasteiger partial charge in [0.2, 0.25) is 5.16 Å². The number of aryl methyl sites for hydroxylation is 2. The van der Waals surface area contributed by atoms with Gasteiger partial charge >= 0.3 is 0 Å². The highest BCUT2D eigenvalue weighted by Gasteiger charge is 2.10. The van der Waals surface area contributed by atoms with Crippen molar-refractivity contribution in [2.45, 2.75) is 17.0 Å². The number of fused-ring (bicyclic) bond motifs is 1. The van der Waals surface area contributed by atoms with E-state index in [1.165, 1.54) is 11.8 Å². The van der Waals surface area contributed by atoms with Gasteiger partial charge in [-0.25, -0.2) is 4.68 Å². The SMILES string of the molecule is Cc1cc(Sc2nnnn2C)c2cc(N)ccc2n1. The lowest BCUT2D eigenvalue weighted by Crippen LogP contribution is -1.94. The first-order valence-electron chi connectivity index (χ1n) is 5.70. The van der Waals surface area contributed by atoms with Crippen molar-refractivity contribution in [3.63, 3.8) is 0 Å². The van der Waals surface area contributed by atoms with Crippen molar-refractivity contribution in [3.05, 3.63) is 30.0 Å². The molecule has 0 aliphatic rings. The number of hydrogen-bond donors (Lipinski definition) is 1. The third-order valence-electron chi connectivity index (χ3n) is 2.71. The summed E-state index contributed by atoms with van der Waals surface area (Å²) in [5.41, 5.74) is 8.45. The van der Waals surface area contributed by atoms with Gasteiger partial charge in [-0.2, -0.15) is 0 Å². The fraction of sp³-hybridized carbons (Fsp3) is 0.167. The minimum absolute atomic E-state index is 0.719. The molecule has 0 saturated heterocycles. The largest absolute Gasteiger partial charge is 0.399 e. The van der Waals surface area contributed by atoms with E-state index in [2.05, 4.69) is 20.5 Å². The van der Waals surface area contributed by atoms with Crippen LogP contribution in [0.4, 0.5) is 5.69 Å². The summed E-state index contributed by atoms with van der Waals surface area (Å²) in [6.45, 7) is 1.97. The molecular formula is C12H12N6S. The Morgan fingerprint density at radius 3 is 2.84 bits per heavy atom. The number of hydrogen-bond acceptors (Lipinski definition) is 6. The van der Waals surface area contributed by atoms with E-state index >= 15 is 0 Å². The first-order chi connectivity index (χ1) is 9.13. The van der Waals surface area contributed by atoms with E-state index in [0.29, 0.717) is 0 Å². The van der Waals surface area contributed by atoms with E-state index in [1.807, 2.05) is 38.2 Å². The van der Waals surface area contributed by atoms with Gasteiger partial charge in [-0.15, -0.1) is 5.10 Å². The number of anilines is 1. The molecule has 0 amide bonds. The zero-order chi connectivity index (χ0) is 13.4. The zero-order valence-corrected chi connectivity index (χ0v) is 11.3. The van der Waals surface area contributed by atoms with Crippen molar-refractivity contribution >= 4 is 28.4 Å². The highest BCUT2D eigenvalue weighted by molar-refractivity contribution is 7.99. The second-order valence-corrected chi connectivity index (χ2v) is 5.23. The van der Waals surface area contributed by atoms with Crippen LogP contribution in [-0.4, -0.2) is 25.2 Å². The summed E-state index contributed by atoms with van der Waals surface area (Å²) in [6.07, 6.45) is 0. The third-order valence-corrected chi connectivity index (χ3v) is 3.79. The van der Waals surface area contributed by atoms with Gasteiger partial charge in [0.25, 0.3) is 0 Å². The maximum Gasteiger partial charge on any atom is 0.213 e. The Bertz CT molecular complexity index is 751. The predicted octanol–water partition coefficient (Wildman–Crippen LogP) is 1.80. The summed E-state index contributed by atoms with van der Waals surface area (Å²) in [5, 5.41) is 13.2. The summed E-state index contributed by atoms with van der Waals surface area (Å²) in [4.78, 5) is 5.55. The van der Waals surface area contributed by atoms with Crippen LogP contribution in [0.25, 0.3) is 10.9 Å². The maximum absolute atomic E-state index is 5.85. The number of rotatable bonds is 2. The van der Waals surface area contributed by atoms with Gasteiger partial charge in [0.15, 0.2) is 0 Å². The average molecular weight is 272 g/mol. The normalized spacial score (nSPS) is 11.1. The van der Waals surface area contributed by atoms with Crippen molar-refractivity contribution in [1.82, 2.24) is 25.2 Å². The van der Waals surface area contributed by atoms with E-state index in [4.69, 9.17) is 5.73 Å². The average Bonchev–Trinajstić information content (AvgIpc) is 2.76. The number of tetrazole rings is 1. The van der Waals surface area contributed by atoms with E-state index in [0.717, 1.165) is 32.3 Å². The van der Waals surface area contributed by atoms with E-state index in [-0.39, 0.29) is 0 Å². The molecule has 6 nitrogen and oxygen atoms in total. The fourth-order valence-electron chi connectivity index (χ4n) is 1.83. The second kappa shape index (κ2) is 4.51. The Balaban J connectivity index is 2.16. The number of nitrogens with two attached hydrogens (primary N) is 1. The van der Waals surface area contributed by atoms with Gasteiger partial charge in [-0.05, 0) is 53.4 Å². The molecule has 0 aliphatic heterocycles. The highest BCUT2D eigenvalue weighted by atomic mass is 32.2. The van der Waals surface area contributed by atoms with Crippen LogP contribution in [-0.2, 0) is 7.05 Å². The summed E-state index contributed by atoms with van der Waals surface area (Å²) in [5.74, 6) is 0. The second-order valence-electron chi connectivity index (χ2n) is 4.23. The van der Waals surface area contributed by atoms with Crippen LogP contribution in [0.1, 0.15) is 5.69 Å². The Morgan fingerprint density at radius 2 is 2.11 bits per heavy atom. The Labute approximate surface area is 114 Å². The van der Waals surface area contributed by atoms with Crippen molar-refractivity contribution in [3.8, 4) is 0 Å². The molecule has 2 heterocycles. The molecule has 0 aliphatic carbocycles. The minimum atomic E-state index is 0.719. The van der Waals surface area contributed by atoms with Crippen LogP contribution in [0.2, 0.25) is 0 Å². The monoisotopic (exact) mass is 272 g/mol. The summed E-state index contributed by atoms with van der Waals surface area (Å²) >= 11 is 1.50. The molecule has 3 aromatic rings. The molecule has 0 unspecified atom stereocenters. The van der Waals surface area contributed by atoms with Crippen molar-refractivity contribution in [2.24, 2.45) is 7.05 Å². The van der Waals surface area contributed by atoms with Crippen LogP contribution in [0, 0.1) is 6.92 Å². The highest BCUT2D eigenvalue weighted by Crippen LogP contribution is 2.32. The Kier molecular flexibility index (Phi) is 2.83. The first kappa shape index (κ1) is 11.9. The van der Waals surface area contributed by atoms with Gasteiger partial charge < -0.3 is 5.73 Å². The zero-order valence-electron chi connectivity index (χ0n) is 10.5. The molecular weight excluding hydrogens is 260 g/mol. The third kappa shape index (κ3) is 2.24. The summed E-state index contributed by atoms with van der Waals surface area (Å²) < 4.78 is 1.64. The van der Waals surface area contributed by atoms with Gasteiger partial charge in [-0.3, -0.25) is 4.98 Å². The molecule has 96 valence electrons. The number of pyridine rings is 1. The molecule has 0 saturated carbocycles. The van der Waals surface area contributed by atoms with E-state index in [9.17, 15) is 0 Å². The fourth-order valence-corrected chi connectivity index (χ4v) is 2.77. The lowest BCUT2D eigenvalue weighted by Gasteiger charge is -2.07. The molecule has 19 heavy (non-hydrogen) atoms. The quantitative estimate of drug-likeness (QED) is 0.716. The van der Waals surface area contributed by atoms with Crippen LogP contribution in [0.5, 0.6) is 0 Å². The smallest absolute Gasteiger partial charge is 0.213 e. The lowest BCUT2D eigenvalue weighted by molar-refractivity contribution is 0.664. The van der Waals surface area contributed by atoms with Crippen molar-refractivity contribution < 1.29 is 0 Å². The van der Waals surface area contributed by atoms with Gasteiger partial charge in [0, 0.05) is 28.7 Å². The Hall–Kier alpha value is -2.15. The van der Waals surface area contributed by atoms with Crippen LogP contribution >= 0.6 is 11.8 Å². The van der Waals surface area contributed by atoms with Gasteiger partial charge in [0.05, 0.1) is 5.52 Å². The van der Waals surface area contributed by atoms with E-state index in [1.54, 1.807) is 4.68 Å². The Morgan fingerprint density at radius 1 is 1.26 bits per heavy atom. The molecule has 2 N–H and O–H groups in total. The summed E-state index contributed by atoms with van der Waals surface area (Å²) in [7, 11) is 1.81. The molecule has 0 fully saturated rings. The van der Waals surface area contributed by atoms with Crippen LogP contribution in [0.3, 0.4) is 0 Å². The van der Waals surface area contributed by atoms with E-state index < -0.39 is 0 Å².